The number of morpholine rings is 1. The van der Waals surface area contributed by atoms with Gasteiger partial charge in [0.1, 0.15) is 0 Å². The molecule has 0 radical (unpaired) electrons. The predicted octanol–water partition coefficient (Wildman–Crippen LogP) is 3.44. The van der Waals surface area contributed by atoms with Crippen LogP contribution in [0, 0.1) is 5.82 Å². The summed E-state index contributed by atoms with van der Waals surface area (Å²) < 4.78 is 24.8. The lowest BCUT2D eigenvalue weighted by Gasteiger charge is -2.28. The first-order chi connectivity index (χ1) is 12.1. The molecule has 1 heterocycles. The molecule has 132 valence electrons. The molecule has 0 bridgehead atoms. The van der Waals surface area contributed by atoms with Crippen LogP contribution in [0.4, 0.5) is 15.8 Å². The Morgan fingerprint density at radius 3 is 2.60 bits per heavy atom. The van der Waals surface area contributed by atoms with Gasteiger partial charge >= 0.3 is 0 Å². The van der Waals surface area contributed by atoms with E-state index in [0.29, 0.717) is 10.2 Å². The summed E-state index contributed by atoms with van der Waals surface area (Å²) >= 11 is 3.17. The van der Waals surface area contributed by atoms with Crippen molar-refractivity contribution in [3.63, 3.8) is 0 Å². The zero-order valence-electron chi connectivity index (χ0n) is 13.5. The molecule has 0 aromatic heterocycles. The highest BCUT2D eigenvalue weighted by molar-refractivity contribution is 9.10. The molecule has 2 aromatic rings. The second-order valence-corrected chi connectivity index (χ2v) is 6.47. The molecule has 5 nitrogen and oxygen atoms in total. The Kier molecular flexibility index (Phi) is 5.88. The molecule has 0 unspecified atom stereocenters. The lowest BCUT2D eigenvalue weighted by Crippen LogP contribution is -2.36. The molecule has 0 aliphatic carbocycles. The maximum atomic E-state index is 13.6. The third-order valence-electron chi connectivity index (χ3n) is 3.78. The van der Waals surface area contributed by atoms with Crippen molar-refractivity contribution >= 4 is 33.2 Å². The number of rotatable bonds is 5. The Morgan fingerprint density at radius 2 is 1.92 bits per heavy atom. The summed E-state index contributed by atoms with van der Waals surface area (Å²) in [6.07, 6.45) is 0. The molecule has 2 aromatic carbocycles. The van der Waals surface area contributed by atoms with Gasteiger partial charge in [0.25, 0.3) is 5.91 Å². The number of amides is 1. The minimum atomic E-state index is -0.517. The summed E-state index contributed by atoms with van der Waals surface area (Å²) in [5.41, 5.74) is 1.76. The Bertz CT molecular complexity index is 734. The maximum absolute atomic E-state index is 13.6. The van der Waals surface area contributed by atoms with E-state index >= 15 is 0 Å². The highest BCUT2D eigenvalue weighted by Crippen LogP contribution is 2.22. The molecule has 0 saturated carbocycles. The van der Waals surface area contributed by atoms with Gasteiger partial charge in [0.2, 0.25) is 0 Å². The molecule has 1 aliphatic heterocycles. The number of ether oxygens (including phenoxy) is 2. The normalized spacial score (nSPS) is 14.2. The highest BCUT2D eigenvalue weighted by Gasteiger charge is 2.12. The molecule has 25 heavy (non-hydrogen) atoms. The molecule has 7 heteroatoms. The molecule has 1 N–H and O–H groups in total. The molecule has 3 rings (SSSR count). The minimum absolute atomic E-state index is 0.0426. The number of nitrogens with one attached hydrogen (secondary N) is 1. The van der Waals surface area contributed by atoms with E-state index in [1.54, 1.807) is 6.07 Å². The first-order valence-corrected chi connectivity index (χ1v) is 8.71. The van der Waals surface area contributed by atoms with E-state index < -0.39 is 5.82 Å². The number of nitrogens with zero attached hydrogens (tertiary/aromatic N) is 1. The van der Waals surface area contributed by atoms with E-state index in [2.05, 4.69) is 26.1 Å². The van der Waals surface area contributed by atoms with Crippen LogP contribution in [0.15, 0.2) is 46.9 Å². The van der Waals surface area contributed by atoms with Crippen LogP contribution >= 0.6 is 15.9 Å². The molecule has 1 amide bonds. The highest BCUT2D eigenvalue weighted by atomic mass is 79.9. The zero-order valence-corrected chi connectivity index (χ0v) is 15.1. The van der Waals surface area contributed by atoms with Crippen LogP contribution in [-0.2, 0) is 9.53 Å². The van der Waals surface area contributed by atoms with Gasteiger partial charge in [0, 0.05) is 28.9 Å². The second-order valence-electron chi connectivity index (χ2n) is 5.56. The molecule has 0 atom stereocenters. The van der Waals surface area contributed by atoms with Crippen LogP contribution in [0.25, 0.3) is 0 Å². The number of benzene rings is 2. The Balaban J connectivity index is 1.52. The lowest BCUT2D eigenvalue weighted by molar-refractivity contribution is -0.118. The van der Waals surface area contributed by atoms with Gasteiger partial charge in [-0.1, -0.05) is 15.9 Å². The summed E-state index contributed by atoms with van der Waals surface area (Å²) in [5, 5.41) is 2.73. The third kappa shape index (κ3) is 4.93. The third-order valence-corrected chi connectivity index (χ3v) is 4.27. The van der Waals surface area contributed by atoms with Gasteiger partial charge in [-0.05, 0) is 42.5 Å². The van der Waals surface area contributed by atoms with Crippen LogP contribution in [0.5, 0.6) is 5.75 Å². The van der Waals surface area contributed by atoms with E-state index in [-0.39, 0.29) is 18.3 Å². The lowest BCUT2D eigenvalue weighted by atomic mass is 10.2. The Morgan fingerprint density at radius 1 is 1.20 bits per heavy atom. The van der Waals surface area contributed by atoms with E-state index in [0.717, 1.165) is 32.0 Å². The van der Waals surface area contributed by atoms with Gasteiger partial charge in [-0.3, -0.25) is 4.79 Å². The second kappa shape index (κ2) is 8.31. The fourth-order valence-electron chi connectivity index (χ4n) is 2.51. The first-order valence-electron chi connectivity index (χ1n) is 7.92. The van der Waals surface area contributed by atoms with Gasteiger partial charge < -0.3 is 19.7 Å². The van der Waals surface area contributed by atoms with E-state index in [1.807, 2.05) is 24.3 Å². The van der Waals surface area contributed by atoms with Gasteiger partial charge in [-0.25, -0.2) is 4.39 Å². The standard InChI is InChI=1S/C18H18BrFN2O3/c19-13-1-6-17(16(20)11-13)25-12-18(23)21-14-2-4-15(5-3-14)22-7-9-24-10-8-22/h1-6,11H,7-10,12H2,(H,21,23). The number of carbonyl (C=O) groups excluding carboxylic acids is 1. The van der Waals surface area contributed by atoms with Crippen molar-refractivity contribution in [2.24, 2.45) is 0 Å². The van der Waals surface area contributed by atoms with Crippen LogP contribution in [0.3, 0.4) is 0 Å². The predicted molar refractivity (Wildman–Crippen MR) is 97.7 cm³/mol. The smallest absolute Gasteiger partial charge is 0.262 e. The van der Waals surface area contributed by atoms with Crippen LogP contribution in [0.1, 0.15) is 0 Å². The van der Waals surface area contributed by atoms with Crippen molar-refractivity contribution in [2.45, 2.75) is 0 Å². The van der Waals surface area contributed by atoms with E-state index in [1.165, 1.54) is 12.1 Å². The molecule has 1 aliphatic rings. The molecular weight excluding hydrogens is 391 g/mol. The number of hydrogen-bond acceptors (Lipinski definition) is 4. The molecule has 1 saturated heterocycles. The SMILES string of the molecule is O=C(COc1ccc(Br)cc1F)Nc1ccc(N2CCOCC2)cc1. The fourth-order valence-corrected chi connectivity index (χ4v) is 2.84. The van der Waals surface area contributed by atoms with Gasteiger partial charge in [-0.2, -0.15) is 0 Å². The van der Waals surface area contributed by atoms with Crippen LogP contribution in [-0.4, -0.2) is 38.8 Å². The number of carbonyl (C=O) groups is 1. The molecule has 0 spiro atoms. The average molecular weight is 409 g/mol. The average Bonchev–Trinajstić information content (AvgIpc) is 2.62. The minimum Gasteiger partial charge on any atom is -0.481 e. The summed E-state index contributed by atoms with van der Waals surface area (Å²) in [7, 11) is 0. The van der Waals surface area contributed by atoms with E-state index in [9.17, 15) is 9.18 Å². The summed E-state index contributed by atoms with van der Waals surface area (Å²) in [5.74, 6) is -0.820. The maximum Gasteiger partial charge on any atom is 0.262 e. The fraction of sp³-hybridized carbons (Fsp3) is 0.278. The topological polar surface area (TPSA) is 50.8 Å². The Labute approximate surface area is 153 Å². The summed E-state index contributed by atoms with van der Waals surface area (Å²) in [6.45, 7) is 2.91. The van der Waals surface area contributed by atoms with Gasteiger partial charge in [0.15, 0.2) is 18.2 Å². The van der Waals surface area contributed by atoms with Crippen LogP contribution in [0.2, 0.25) is 0 Å². The quantitative estimate of drug-likeness (QED) is 0.822. The zero-order chi connectivity index (χ0) is 17.6. The first kappa shape index (κ1) is 17.7. The van der Waals surface area contributed by atoms with Crippen molar-refractivity contribution in [1.29, 1.82) is 0 Å². The van der Waals surface area contributed by atoms with Gasteiger partial charge in [-0.15, -0.1) is 0 Å². The summed E-state index contributed by atoms with van der Waals surface area (Å²) in [4.78, 5) is 14.2. The van der Waals surface area contributed by atoms with Crippen molar-refractivity contribution in [2.75, 3.05) is 43.1 Å². The van der Waals surface area contributed by atoms with Crippen molar-refractivity contribution in [3.05, 3.63) is 52.8 Å². The molecular formula is C18H18BrFN2O3. The van der Waals surface area contributed by atoms with Crippen molar-refractivity contribution in [3.8, 4) is 5.75 Å². The van der Waals surface area contributed by atoms with Crippen molar-refractivity contribution in [1.82, 2.24) is 0 Å². The van der Waals surface area contributed by atoms with Crippen LogP contribution < -0.4 is 15.0 Å². The van der Waals surface area contributed by atoms with Crippen molar-refractivity contribution < 1.29 is 18.7 Å². The van der Waals surface area contributed by atoms with Gasteiger partial charge in [0.05, 0.1) is 13.2 Å². The number of anilines is 2. The number of hydrogen-bond donors (Lipinski definition) is 1. The monoisotopic (exact) mass is 408 g/mol. The number of halogens is 2. The Hall–Kier alpha value is -2.12. The van der Waals surface area contributed by atoms with E-state index in [4.69, 9.17) is 9.47 Å². The largest absolute Gasteiger partial charge is 0.481 e. The molecule has 1 fully saturated rings. The summed E-state index contributed by atoms with van der Waals surface area (Å²) in [6, 6.07) is 12.0.